The lowest BCUT2D eigenvalue weighted by molar-refractivity contribution is -0.114. The Morgan fingerprint density at radius 2 is 1.54 bits per heavy atom. The van der Waals surface area contributed by atoms with E-state index in [0.717, 1.165) is 17.8 Å². The molecule has 7 heteroatoms. The highest BCUT2D eigenvalue weighted by Crippen LogP contribution is 2.19. The largest absolute Gasteiger partial charge is 0.376 e. The number of nitrogens with one attached hydrogen (secondary N) is 3. The lowest BCUT2D eigenvalue weighted by Gasteiger charge is -2.21. The fraction of sp³-hybridized carbons (Fsp3) is 0.250. The highest BCUT2D eigenvalue weighted by Gasteiger charge is 2.16. The molecule has 0 heterocycles. The highest BCUT2D eigenvalue weighted by atomic mass is 16.2. The van der Waals surface area contributed by atoms with E-state index in [1.165, 1.54) is 0 Å². The normalized spacial score (nSPS) is 11.3. The Morgan fingerprint density at radius 1 is 0.829 bits per heavy atom. The van der Waals surface area contributed by atoms with Crippen molar-refractivity contribution in [2.45, 2.75) is 33.2 Å². The van der Waals surface area contributed by atoms with E-state index in [1.807, 2.05) is 51.1 Å². The quantitative estimate of drug-likeness (QED) is 0.390. The summed E-state index contributed by atoms with van der Waals surface area (Å²) in [5, 5.41) is 8.80. The molecule has 0 saturated heterocycles. The summed E-state index contributed by atoms with van der Waals surface area (Å²) >= 11 is 0. The number of carbonyl (C=O) groups is 3. The average Bonchev–Trinajstić information content (AvgIpc) is 2.88. The predicted octanol–water partition coefficient (Wildman–Crippen LogP) is 4.93. The van der Waals surface area contributed by atoms with Crippen molar-refractivity contribution in [3.8, 4) is 0 Å². The van der Waals surface area contributed by atoms with E-state index in [9.17, 15) is 14.4 Å². The fourth-order valence-electron chi connectivity index (χ4n) is 3.47. The summed E-state index contributed by atoms with van der Waals surface area (Å²) in [7, 11) is 0. The van der Waals surface area contributed by atoms with Crippen LogP contribution in [0.3, 0.4) is 0 Å². The van der Waals surface area contributed by atoms with Crippen LogP contribution in [0, 0.1) is 0 Å². The molecule has 1 atom stereocenters. The van der Waals surface area contributed by atoms with E-state index in [-0.39, 0.29) is 30.3 Å². The third kappa shape index (κ3) is 7.17. The molecule has 0 aliphatic carbocycles. The van der Waals surface area contributed by atoms with E-state index in [2.05, 4.69) is 16.0 Å². The maximum atomic E-state index is 13.0. The topological polar surface area (TPSA) is 90.5 Å². The zero-order valence-corrected chi connectivity index (χ0v) is 20.4. The molecular weight excluding hydrogens is 440 g/mol. The smallest absolute Gasteiger partial charge is 0.258 e. The molecule has 0 bridgehead atoms. The summed E-state index contributed by atoms with van der Waals surface area (Å²) < 4.78 is 0. The van der Waals surface area contributed by atoms with E-state index in [1.54, 1.807) is 53.4 Å². The zero-order chi connectivity index (χ0) is 25.2. The lowest BCUT2D eigenvalue weighted by atomic mass is 10.1. The van der Waals surface area contributed by atoms with Gasteiger partial charge in [0.15, 0.2) is 0 Å². The van der Waals surface area contributed by atoms with Crippen LogP contribution < -0.4 is 20.9 Å². The Labute approximate surface area is 206 Å². The van der Waals surface area contributed by atoms with E-state index >= 15 is 0 Å². The highest BCUT2D eigenvalue weighted by molar-refractivity contribution is 6.07. The molecule has 3 aromatic carbocycles. The number of nitrogens with zero attached hydrogens (tertiary/aromatic N) is 1. The minimum Gasteiger partial charge on any atom is -0.376 e. The first kappa shape index (κ1) is 25.5. The van der Waals surface area contributed by atoms with Crippen LogP contribution >= 0.6 is 0 Å². The van der Waals surface area contributed by atoms with Crippen molar-refractivity contribution in [2.75, 3.05) is 28.6 Å². The van der Waals surface area contributed by atoms with Gasteiger partial charge in [-0.25, -0.2) is 0 Å². The second-order valence-corrected chi connectivity index (χ2v) is 8.23. The molecule has 3 rings (SSSR count). The van der Waals surface area contributed by atoms with Gasteiger partial charge in [-0.1, -0.05) is 31.2 Å². The number of hydrogen-bond acceptors (Lipinski definition) is 4. The number of hydrogen-bond donors (Lipinski definition) is 3. The van der Waals surface area contributed by atoms with Crippen LogP contribution in [0.15, 0.2) is 78.9 Å². The Bertz CT molecular complexity index is 1150. The Kier molecular flexibility index (Phi) is 9.01. The van der Waals surface area contributed by atoms with Gasteiger partial charge in [-0.15, -0.1) is 0 Å². The molecule has 0 aliphatic heterocycles. The molecule has 3 amide bonds. The second-order valence-electron chi connectivity index (χ2n) is 8.23. The van der Waals surface area contributed by atoms with Gasteiger partial charge in [0.05, 0.1) is 6.54 Å². The molecule has 1 unspecified atom stereocenters. The van der Waals surface area contributed by atoms with E-state index < -0.39 is 0 Å². The van der Waals surface area contributed by atoms with Gasteiger partial charge in [0, 0.05) is 40.8 Å². The van der Waals surface area contributed by atoms with Crippen LogP contribution in [0.2, 0.25) is 0 Å². The third-order valence-corrected chi connectivity index (χ3v) is 5.61. The van der Waals surface area contributed by atoms with Crippen LogP contribution in [0.1, 0.15) is 47.9 Å². The number of amides is 3. The molecule has 182 valence electrons. The summed E-state index contributed by atoms with van der Waals surface area (Å²) in [6, 6.07) is 23.5. The molecule has 0 radical (unpaired) electrons. The molecule has 0 spiro atoms. The summed E-state index contributed by atoms with van der Waals surface area (Å²) in [6.07, 6.45) is 0.863. The molecule has 0 aromatic heterocycles. The predicted molar refractivity (Wildman–Crippen MR) is 141 cm³/mol. The lowest BCUT2D eigenvalue weighted by Crippen LogP contribution is -2.31. The molecule has 35 heavy (non-hydrogen) atoms. The molecule has 3 N–H and O–H groups in total. The van der Waals surface area contributed by atoms with Crippen molar-refractivity contribution in [2.24, 2.45) is 0 Å². The SMILES string of the molecule is CCC(C)NC(=O)c1ccc(NCC(=O)Nc2cccc(C(=O)N(CC)c3ccccc3)c2)cc1. The van der Waals surface area contributed by atoms with Crippen molar-refractivity contribution in [3.63, 3.8) is 0 Å². The van der Waals surface area contributed by atoms with Gasteiger partial charge in [-0.05, 0) is 74.9 Å². The summed E-state index contributed by atoms with van der Waals surface area (Å²) in [5.74, 6) is -0.499. The third-order valence-electron chi connectivity index (χ3n) is 5.61. The Hall–Kier alpha value is -4.13. The van der Waals surface area contributed by atoms with Crippen molar-refractivity contribution in [1.29, 1.82) is 0 Å². The zero-order valence-electron chi connectivity index (χ0n) is 20.4. The van der Waals surface area contributed by atoms with Gasteiger partial charge in [-0.3, -0.25) is 14.4 Å². The number of rotatable bonds is 10. The summed E-state index contributed by atoms with van der Waals surface area (Å²) in [4.78, 5) is 39.4. The van der Waals surface area contributed by atoms with Gasteiger partial charge < -0.3 is 20.9 Å². The van der Waals surface area contributed by atoms with Crippen molar-refractivity contribution < 1.29 is 14.4 Å². The van der Waals surface area contributed by atoms with Crippen LogP contribution in [0.25, 0.3) is 0 Å². The van der Waals surface area contributed by atoms with E-state index in [0.29, 0.717) is 23.4 Å². The minimum atomic E-state index is -0.247. The minimum absolute atomic E-state index is 0.0433. The molecular formula is C28H32N4O3. The molecule has 0 saturated carbocycles. The van der Waals surface area contributed by atoms with Gasteiger partial charge in [-0.2, -0.15) is 0 Å². The first-order valence-corrected chi connectivity index (χ1v) is 11.8. The summed E-state index contributed by atoms with van der Waals surface area (Å²) in [5.41, 5.74) is 3.16. The molecule has 7 nitrogen and oxygen atoms in total. The van der Waals surface area contributed by atoms with Crippen molar-refractivity contribution in [1.82, 2.24) is 5.32 Å². The number of para-hydroxylation sites is 1. The summed E-state index contributed by atoms with van der Waals surface area (Å²) in [6.45, 7) is 6.47. The monoisotopic (exact) mass is 472 g/mol. The van der Waals surface area contributed by atoms with Crippen LogP contribution in [0.5, 0.6) is 0 Å². The maximum Gasteiger partial charge on any atom is 0.258 e. The second kappa shape index (κ2) is 12.4. The van der Waals surface area contributed by atoms with Gasteiger partial charge in [0.1, 0.15) is 0 Å². The Morgan fingerprint density at radius 3 is 2.20 bits per heavy atom. The first-order chi connectivity index (χ1) is 16.9. The average molecular weight is 473 g/mol. The van der Waals surface area contributed by atoms with Gasteiger partial charge in [0.25, 0.3) is 11.8 Å². The van der Waals surface area contributed by atoms with Gasteiger partial charge >= 0.3 is 0 Å². The van der Waals surface area contributed by atoms with Crippen molar-refractivity contribution in [3.05, 3.63) is 90.0 Å². The molecule has 0 fully saturated rings. The van der Waals surface area contributed by atoms with Crippen LogP contribution in [-0.2, 0) is 4.79 Å². The molecule has 0 aliphatic rings. The Balaban J connectivity index is 1.56. The van der Waals surface area contributed by atoms with Gasteiger partial charge in [0.2, 0.25) is 5.91 Å². The van der Waals surface area contributed by atoms with Crippen molar-refractivity contribution >= 4 is 34.8 Å². The standard InChI is InChI=1S/C28H32N4O3/c1-4-20(3)30-27(34)21-14-16-23(17-15-21)29-19-26(33)31-24-11-9-10-22(18-24)28(35)32(5-2)25-12-7-6-8-13-25/h6-18,20,29H,4-5,19H2,1-3H3,(H,30,34)(H,31,33). The van der Waals surface area contributed by atoms with E-state index in [4.69, 9.17) is 0 Å². The van der Waals surface area contributed by atoms with Crippen LogP contribution in [-0.4, -0.2) is 36.9 Å². The first-order valence-electron chi connectivity index (χ1n) is 11.8. The maximum absolute atomic E-state index is 13.0. The number of benzene rings is 3. The number of anilines is 3. The number of carbonyl (C=O) groups excluding carboxylic acids is 3. The molecule has 3 aromatic rings. The van der Waals surface area contributed by atoms with Crippen LogP contribution in [0.4, 0.5) is 17.1 Å². The fourth-order valence-corrected chi connectivity index (χ4v) is 3.47.